The fraction of sp³-hybridized carbons (Fsp3) is 0.188. The minimum Gasteiger partial charge on any atom is -0.387 e. The van der Waals surface area contributed by atoms with E-state index in [0.29, 0.717) is 0 Å². The number of aryl methyl sites for hydroxylation is 1. The number of hydrogen-bond acceptors (Lipinski definition) is 2. The summed E-state index contributed by atoms with van der Waals surface area (Å²) >= 11 is 0. The van der Waals surface area contributed by atoms with Gasteiger partial charge in [0.15, 0.2) is 0 Å². The molecule has 0 bridgehead atoms. The van der Waals surface area contributed by atoms with Crippen LogP contribution in [0.5, 0.6) is 0 Å². The number of urea groups is 1. The van der Waals surface area contributed by atoms with Gasteiger partial charge in [-0.15, -0.1) is 0 Å². The summed E-state index contributed by atoms with van der Waals surface area (Å²) in [6.45, 7) is 2.10. The molecule has 0 saturated carbocycles. The van der Waals surface area contributed by atoms with E-state index < -0.39 is 6.10 Å². The molecule has 4 nitrogen and oxygen atoms in total. The van der Waals surface area contributed by atoms with Gasteiger partial charge < -0.3 is 15.7 Å². The van der Waals surface area contributed by atoms with Crippen LogP contribution in [0.4, 0.5) is 10.5 Å². The molecule has 20 heavy (non-hydrogen) atoms. The summed E-state index contributed by atoms with van der Waals surface area (Å²) < 4.78 is 0. The van der Waals surface area contributed by atoms with Crippen molar-refractivity contribution in [1.82, 2.24) is 5.32 Å². The number of carbonyl (C=O) groups excluding carboxylic acids is 1. The molecule has 0 saturated heterocycles. The maximum absolute atomic E-state index is 11.7. The molecule has 0 aliphatic rings. The third-order valence-corrected chi connectivity index (χ3v) is 3.04. The first-order valence-electron chi connectivity index (χ1n) is 6.50. The van der Waals surface area contributed by atoms with Gasteiger partial charge in [0.1, 0.15) is 0 Å². The Hall–Kier alpha value is -2.33. The minimum absolute atomic E-state index is 0.170. The molecular formula is C16H18N2O2. The molecule has 0 fully saturated rings. The highest BCUT2D eigenvalue weighted by atomic mass is 16.3. The zero-order valence-corrected chi connectivity index (χ0v) is 11.3. The fourth-order valence-electron chi connectivity index (χ4n) is 1.96. The summed E-state index contributed by atoms with van der Waals surface area (Å²) in [5.41, 5.74) is 2.55. The number of carbonyl (C=O) groups is 1. The van der Waals surface area contributed by atoms with E-state index in [1.54, 1.807) is 12.1 Å². The molecule has 0 radical (unpaired) electrons. The topological polar surface area (TPSA) is 61.4 Å². The van der Waals surface area contributed by atoms with Crippen LogP contribution < -0.4 is 10.6 Å². The van der Waals surface area contributed by atoms with Crippen LogP contribution >= 0.6 is 0 Å². The van der Waals surface area contributed by atoms with Gasteiger partial charge in [-0.2, -0.15) is 0 Å². The molecule has 2 amide bonds. The van der Waals surface area contributed by atoms with Gasteiger partial charge in [-0.1, -0.05) is 42.5 Å². The van der Waals surface area contributed by atoms with Crippen molar-refractivity contribution >= 4 is 11.7 Å². The first-order chi connectivity index (χ1) is 9.66. The average Bonchev–Trinajstić information content (AvgIpc) is 2.46. The highest BCUT2D eigenvalue weighted by molar-refractivity contribution is 5.89. The lowest BCUT2D eigenvalue weighted by atomic mass is 10.0. The lowest BCUT2D eigenvalue weighted by molar-refractivity contribution is 0.174. The number of rotatable bonds is 4. The molecule has 0 aliphatic heterocycles. The van der Waals surface area contributed by atoms with E-state index in [4.69, 9.17) is 0 Å². The lowest BCUT2D eigenvalue weighted by Crippen LogP contribution is -2.32. The summed E-state index contributed by atoms with van der Waals surface area (Å²) in [4.78, 5) is 11.7. The largest absolute Gasteiger partial charge is 0.387 e. The first-order valence-corrected chi connectivity index (χ1v) is 6.50. The van der Waals surface area contributed by atoms with Crippen molar-refractivity contribution in [3.8, 4) is 0 Å². The molecule has 0 aliphatic carbocycles. The average molecular weight is 270 g/mol. The monoisotopic (exact) mass is 270 g/mol. The molecule has 1 atom stereocenters. The maximum atomic E-state index is 11.7. The fourth-order valence-corrected chi connectivity index (χ4v) is 1.96. The van der Waals surface area contributed by atoms with Crippen LogP contribution in [0.2, 0.25) is 0 Å². The Morgan fingerprint density at radius 3 is 2.45 bits per heavy atom. The summed E-state index contributed by atoms with van der Waals surface area (Å²) in [7, 11) is 0. The van der Waals surface area contributed by atoms with E-state index in [1.807, 2.05) is 49.4 Å². The zero-order chi connectivity index (χ0) is 14.4. The Balaban J connectivity index is 1.86. The van der Waals surface area contributed by atoms with Crippen molar-refractivity contribution in [2.45, 2.75) is 13.0 Å². The number of benzene rings is 2. The molecule has 2 aromatic rings. The van der Waals surface area contributed by atoms with Crippen LogP contribution in [0.3, 0.4) is 0 Å². The second-order valence-electron chi connectivity index (χ2n) is 4.57. The number of nitrogens with one attached hydrogen (secondary N) is 2. The Morgan fingerprint density at radius 2 is 1.75 bits per heavy atom. The van der Waals surface area contributed by atoms with Gasteiger partial charge in [-0.25, -0.2) is 4.79 Å². The highest BCUT2D eigenvalue weighted by Crippen LogP contribution is 2.16. The van der Waals surface area contributed by atoms with Crippen molar-refractivity contribution in [2.75, 3.05) is 11.9 Å². The molecule has 0 aromatic heterocycles. The van der Waals surface area contributed by atoms with Gasteiger partial charge in [0.25, 0.3) is 0 Å². The highest BCUT2D eigenvalue weighted by Gasteiger charge is 2.11. The Labute approximate surface area is 118 Å². The van der Waals surface area contributed by atoms with Crippen LogP contribution in [-0.2, 0) is 0 Å². The van der Waals surface area contributed by atoms with Crippen LogP contribution in [-0.4, -0.2) is 17.7 Å². The third kappa shape index (κ3) is 3.83. The van der Waals surface area contributed by atoms with Crippen molar-refractivity contribution in [2.24, 2.45) is 0 Å². The first kappa shape index (κ1) is 14.1. The SMILES string of the molecule is Cc1ccccc1C(O)CNC(=O)Nc1ccccc1. The van der Waals surface area contributed by atoms with Crippen molar-refractivity contribution in [3.63, 3.8) is 0 Å². The Bertz CT molecular complexity index is 570. The minimum atomic E-state index is -0.710. The molecule has 2 aromatic carbocycles. The predicted molar refractivity (Wildman–Crippen MR) is 79.6 cm³/mol. The number of hydrogen-bond donors (Lipinski definition) is 3. The van der Waals surface area contributed by atoms with Crippen LogP contribution in [0.1, 0.15) is 17.2 Å². The number of para-hydroxylation sites is 1. The number of anilines is 1. The standard InChI is InChI=1S/C16H18N2O2/c1-12-7-5-6-10-14(12)15(19)11-17-16(20)18-13-8-3-2-4-9-13/h2-10,15,19H,11H2,1H3,(H2,17,18,20). The molecule has 104 valence electrons. The molecule has 2 rings (SSSR count). The van der Waals surface area contributed by atoms with Crippen molar-refractivity contribution in [1.29, 1.82) is 0 Å². The molecule has 4 heteroatoms. The molecule has 3 N–H and O–H groups in total. The van der Waals surface area contributed by atoms with E-state index in [-0.39, 0.29) is 12.6 Å². The van der Waals surface area contributed by atoms with E-state index in [9.17, 15) is 9.90 Å². The Morgan fingerprint density at radius 1 is 1.10 bits per heavy atom. The number of aliphatic hydroxyl groups excluding tert-OH is 1. The van der Waals surface area contributed by atoms with E-state index in [2.05, 4.69) is 10.6 Å². The van der Waals surface area contributed by atoms with Gasteiger partial charge in [-0.3, -0.25) is 0 Å². The van der Waals surface area contributed by atoms with E-state index in [0.717, 1.165) is 16.8 Å². The summed E-state index contributed by atoms with van der Waals surface area (Å²) in [5, 5.41) is 15.4. The molecule has 1 unspecified atom stereocenters. The Kier molecular flexibility index (Phi) is 4.74. The van der Waals surface area contributed by atoms with Gasteiger partial charge in [0, 0.05) is 12.2 Å². The number of aliphatic hydroxyl groups is 1. The van der Waals surface area contributed by atoms with E-state index >= 15 is 0 Å². The van der Waals surface area contributed by atoms with Crippen molar-refractivity contribution in [3.05, 3.63) is 65.7 Å². The van der Waals surface area contributed by atoms with E-state index in [1.165, 1.54) is 0 Å². The van der Waals surface area contributed by atoms with Crippen molar-refractivity contribution < 1.29 is 9.90 Å². The predicted octanol–water partition coefficient (Wildman–Crippen LogP) is 2.85. The van der Waals surface area contributed by atoms with Crippen LogP contribution in [0.25, 0.3) is 0 Å². The second-order valence-corrected chi connectivity index (χ2v) is 4.57. The maximum Gasteiger partial charge on any atom is 0.319 e. The van der Waals surface area contributed by atoms with Gasteiger partial charge in [0.05, 0.1) is 6.10 Å². The number of amides is 2. The molecule has 0 spiro atoms. The molecular weight excluding hydrogens is 252 g/mol. The molecule has 0 heterocycles. The summed E-state index contributed by atoms with van der Waals surface area (Å²) in [6, 6.07) is 16.4. The third-order valence-electron chi connectivity index (χ3n) is 3.04. The second kappa shape index (κ2) is 6.73. The van der Waals surface area contributed by atoms with Gasteiger partial charge >= 0.3 is 6.03 Å². The zero-order valence-electron chi connectivity index (χ0n) is 11.3. The van der Waals surface area contributed by atoms with Gasteiger partial charge in [0.2, 0.25) is 0 Å². The summed E-state index contributed by atoms with van der Waals surface area (Å²) in [6.07, 6.45) is -0.710. The lowest BCUT2D eigenvalue weighted by Gasteiger charge is -2.15. The summed E-state index contributed by atoms with van der Waals surface area (Å²) in [5.74, 6) is 0. The van der Waals surface area contributed by atoms with Gasteiger partial charge in [-0.05, 0) is 30.2 Å². The van der Waals surface area contributed by atoms with Crippen LogP contribution in [0, 0.1) is 6.92 Å². The normalized spacial score (nSPS) is 11.7. The van der Waals surface area contributed by atoms with Crippen LogP contribution in [0.15, 0.2) is 54.6 Å². The smallest absolute Gasteiger partial charge is 0.319 e. The quantitative estimate of drug-likeness (QED) is 0.800.